The first-order valence-electron chi connectivity index (χ1n) is 8.87. The average Bonchev–Trinajstić information content (AvgIpc) is 3.11. The second kappa shape index (κ2) is 8.18. The molecule has 0 spiro atoms. The van der Waals surface area contributed by atoms with E-state index in [9.17, 15) is 14.0 Å². The molecule has 0 N–H and O–H groups in total. The minimum atomic E-state index is -0.691. The number of rotatable bonds is 6. The van der Waals surface area contributed by atoms with Crippen molar-refractivity contribution in [3.63, 3.8) is 0 Å². The maximum atomic E-state index is 14.2. The van der Waals surface area contributed by atoms with Gasteiger partial charge in [0.15, 0.2) is 23.9 Å². The molecule has 0 bridgehead atoms. The fraction of sp³-hybridized carbons (Fsp3) is 0.238. The molecule has 2 heterocycles. The Morgan fingerprint density at radius 2 is 1.93 bits per heavy atom. The minimum absolute atomic E-state index is 0.0570. The van der Waals surface area contributed by atoms with Crippen molar-refractivity contribution >= 4 is 33.2 Å². The van der Waals surface area contributed by atoms with Gasteiger partial charge in [-0.2, -0.15) is 0 Å². The molecule has 0 saturated carbocycles. The third kappa shape index (κ3) is 3.81. The van der Waals surface area contributed by atoms with Gasteiger partial charge in [0.2, 0.25) is 0 Å². The van der Waals surface area contributed by atoms with Gasteiger partial charge in [0, 0.05) is 28.3 Å². The Morgan fingerprint density at radius 3 is 2.72 bits per heavy atom. The number of halogens is 1. The van der Waals surface area contributed by atoms with Crippen LogP contribution >= 0.6 is 11.3 Å². The number of esters is 1. The van der Waals surface area contributed by atoms with Gasteiger partial charge in [0.1, 0.15) is 23.9 Å². The van der Waals surface area contributed by atoms with Gasteiger partial charge >= 0.3 is 5.97 Å². The molecule has 29 heavy (non-hydrogen) atoms. The van der Waals surface area contributed by atoms with Crippen LogP contribution in [-0.2, 0) is 16.1 Å². The molecular weight excluding hydrogens is 399 g/mol. The van der Waals surface area contributed by atoms with E-state index < -0.39 is 18.4 Å². The van der Waals surface area contributed by atoms with Crippen LogP contribution in [0, 0.1) is 5.82 Å². The molecule has 4 rings (SSSR count). The molecule has 3 aromatic rings. The molecular formula is C21H17FO6S. The number of carbonyl (C=O) groups excluding carboxylic acids is 2. The van der Waals surface area contributed by atoms with Crippen LogP contribution < -0.4 is 9.47 Å². The second-order valence-electron chi connectivity index (χ2n) is 6.31. The summed E-state index contributed by atoms with van der Waals surface area (Å²) in [6.07, 6.45) is 0. The minimum Gasteiger partial charge on any atom is -0.486 e. The summed E-state index contributed by atoms with van der Waals surface area (Å²) in [6.45, 7) is 0.477. The molecule has 0 aliphatic carbocycles. The van der Waals surface area contributed by atoms with E-state index in [4.69, 9.17) is 18.9 Å². The van der Waals surface area contributed by atoms with Gasteiger partial charge in [0.25, 0.3) is 0 Å². The Bertz CT molecular complexity index is 1090. The van der Waals surface area contributed by atoms with Crippen molar-refractivity contribution in [2.24, 2.45) is 0 Å². The summed E-state index contributed by atoms with van der Waals surface area (Å²) in [6, 6.07) is 9.43. The van der Waals surface area contributed by atoms with Crippen molar-refractivity contribution in [3.8, 4) is 11.5 Å². The molecule has 0 saturated heterocycles. The number of Topliss-reactive ketones (excluding diaryl/α,β-unsaturated/α-hetero) is 1. The normalized spacial score (nSPS) is 12.8. The molecule has 1 aromatic heterocycles. The maximum Gasteiger partial charge on any atom is 0.349 e. The Labute approximate surface area is 169 Å². The van der Waals surface area contributed by atoms with Gasteiger partial charge in [-0.1, -0.05) is 6.07 Å². The number of methoxy groups -OCH3 is 1. The van der Waals surface area contributed by atoms with E-state index >= 15 is 0 Å². The average molecular weight is 416 g/mol. The quantitative estimate of drug-likeness (QED) is 0.447. The number of ketones is 1. The molecule has 2 aromatic carbocycles. The Balaban J connectivity index is 1.52. The van der Waals surface area contributed by atoms with E-state index in [-0.39, 0.29) is 17.3 Å². The van der Waals surface area contributed by atoms with Crippen LogP contribution in [0.25, 0.3) is 10.1 Å². The van der Waals surface area contributed by atoms with Gasteiger partial charge in [-0.3, -0.25) is 4.79 Å². The van der Waals surface area contributed by atoms with Crippen molar-refractivity contribution < 1.29 is 32.9 Å². The predicted molar refractivity (Wildman–Crippen MR) is 105 cm³/mol. The molecule has 6 nitrogen and oxygen atoms in total. The fourth-order valence-electron chi connectivity index (χ4n) is 3.11. The number of thiophene rings is 1. The van der Waals surface area contributed by atoms with Crippen molar-refractivity contribution in [1.29, 1.82) is 0 Å². The van der Waals surface area contributed by atoms with E-state index in [1.807, 2.05) is 0 Å². The molecule has 0 radical (unpaired) electrons. The topological polar surface area (TPSA) is 71.1 Å². The number of ether oxygens (including phenoxy) is 4. The van der Waals surface area contributed by atoms with E-state index in [1.54, 1.807) is 30.3 Å². The lowest BCUT2D eigenvalue weighted by Gasteiger charge is -2.18. The van der Waals surface area contributed by atoms with Crippen LogP contribution in [0.1, 0.15) is 25.6 Å². The Hall–Kier alpha value is -2.97. The zero-order valence-corrected chi connectivity index (χ0v) is 16.3. The zero-order chi connectivity index (χ0) is 20.4. The fourth-order valence-corrected chi connectivity index (χ4v) is 4.23. The summed E-state index contributed by atoms with van der Waals surface area (Å²) in [5, 5.41) is 0.337. The van der Waals surface area contributed by atoms with Gasteiger partial charge < -0.3 is 18.9 Å². The molecule has 0 amide bonds. The number of hydrogen-bond acceptors (Lipinski definition) is 7. The molecule has 0 fully saturated rings. The maximum absolute atomic E-state index is 14.2. The van der Waals surface area contributed by atoms with Crippen LogP contribution in [0.4, 0.5) is 4.39 Å². The van der Waals surface area contributed by atoms with Gasteiger partial charge in [0.05, 0.1) is 6.61 Å². The van der Waals surface area contributed by atoms with Crippen LogP contribution in [-0.4, -0.2) is 38.7 Å². The summed E-state index contributed by atoms with van der Waals surface area (Å²) in [5.74, 6) is -0.450. The smallest absolute Gasteiger partial charge is 0.349 e. The van der Waals surface area contributed by atoms with E-state index in [2.05, 4.69) is 0 Å². The molecule has 8 heteroatoms. The predicted octanol–water partition coefficient (Wildman–Crippen LogP) is 4.00. The number of carbonyl (C=O) groups is 2. The number of benzene rings is 2. The third-order valence-electron chi connectivity index (χ3n) is 4.44. The Kier molecular flexibility index (Phi) is 5.46. The van der Waals surface area contributed by atoms with Crippen LogP contribution in [0.2, 0.25) is 0 Å². The van der Waals surface area contributed by atoms with Crippen molar-refractivity contribution in [1.82, 2.24) is 0 Å². The molecule has 0 atom stereocenters. The molecule has 1 aliphatic heterocycles. The largest absolute Gasteiger partial charge is 0.486 e. The van der Waals surface area contributed by atoms with Crippen LogP contribution in [0.3, 0.4) is 0 Å². The monoisotopic (exact) mass is 416 g/mol. The molecule has 0 unspecified atom stereocenters. The number of hydrogen-bond donors (Lipinski definition) is 0. The van der Waals surface area contributed by atoms with Crippen molar-refractivity contribution in [3.05, 3.63) is 58.2 Å². The lowest BCUT2D eigenvalue weighted by molar-refractivity contribution is 0.0476. The first-order valence-corrected chi connectivity index (χ1v) is 9.69. The lowest BCUT2D eigenvalue weighted by atomic mass is 10.1. The van der Waals surface area contributed by atoms with Crippen LogP contribution in [0.15, 0.2) is 36.4 Å². The summed E-state index contributed by atoms with van der Waals surface area (Å²) >= 11 is 1.11. The summed E-state index contributed by atoms with van der Waals surface area (Å²) < 4.78 is 36.1. The summed E-state index contributed by atoms with van der Waals surface area (Å²) in [7, 11) is 1.46. The third-order valence-corrected chi connectivity index (χ3v) is 5.61. The zero-order valence-electron chi connectivity index (χ0n) is 15.5. The summed E-state index contributed by atoms with van der Waals surface area (Å²) in [5.41, 5.74) is 0.768. The second-order valence-corrected chi connectivity index (χ2v) is 7.37. The highest BCUT2D eigenvalue weighted by Crippen LogP contribution is 2.34. The number of fused-ring (bicyclic) bond motifs is 2. The first-order chi connectivity index (χ1) is 14.1. The van der Waals surface area contributed by atoms with E-state index in [1.165, 1.54) is 13.2 Å². The van der Waals surface area contributed by atoms with Crippen LogP contribution in [0.5, 0.6) is 11.5 Å². The molecule has 1 aliphatic rings. The Morgan fingerprint density at radius 1 is 1.14 bits per heavy atom. The first kappa shape index (κ1) is 19.4. The van der Waals surface area contributed by atoms with E-state index in [0.29, 0.717) is 45.9 Å². The van der Waals surface area contributed by atoms with Crippen molar-refractivity contribution in [2.75, 3.05) is 26.9 Å². The van der Waals surface area contributed by atoms with Gasteiger partial charge in [-0.25, -0.2) is 9.18 Å². The summed E-state index contributed by atoms with van der Waals surface area (Å²) in [4.78, 5) is 25.3. The highest BCUT2D eigenvalue weighted by molar-refractivity contribution is 7.21. The highest BCUT2D eigenvalue weighted by atomic mass is 32.1. The van der Waals surface area contributed by atoms with E-state index in [0.717, 1.165) is 11.3 Å². The van der Waals surface area contributed by atoms with Gasteiger partial charge in [-0.15, -0.1) is 11.3 Å². The SMILES string of the molecule is COCc1c(C(=O)OCC(=O)c2ccc3c(c2)OCCO3)sc2cccc(F)c12. The van der Waals surface area contributed by atoms with Gasteiger partial charge in [-0.05, 0) is 30.3 Å². The van der Waals surface area contributed by atoms with Crippen molar-refractivity contribution in [2.45, 2.75) is 6.61 Å². The lowest BCUT2D eigenvalue weighted by Crippen LogP contribution is -2.17. The standard InChI is InChI=1S/C21H17FO6S/c1-25-10-13-19-14(22)3-2-4-18(19)29-20(13)21(24)28-11-15(23)12-5-6-16-17(9-12)27-8-7-26-16/h2-6,9H,7-8,10-11H2,1H3. The highest BCUT2D eigenvalue weighted by Gasteiger charge is 2.23. The molecule has 150 valence electrons.